The molecule has 2 aromatic heterocycles. The molecular formula is C17H19ClN4O3. The van der Waals surface area contributed by atoms with Gasteiger partial charge in [-0.1, -0.05) is 17.7 Å². The SMILES string of the molecule is O=C(NC1=CC(Cl)=CCC1OCCCCO)c1cnn2cccnc12. The van der Waals surface area contributed by atoms with Crippen molar-refractivity contribution in [2.75, 3.05) is 13.2 Å². The van der Waals surface area contributed by atoms with Gasteiger partial charge in [0.1, 0.15) is 11.7 Å². The van der Waals surface area contributed by atoms with E-state index in [9.17, 15) is 4.79 Å². The van der Waals surface area contributed by atoms with Crippen LogP contribution in [0.2, 0.25) is 0 Å². The van der Waals surface area contributed by atoms with Gasteiger partial charge in [-0.05, 0) is 31.4 Å². The number of nitrogens with zero attached hydrogens (tertiary/aromatic N) is 3. The third kappa shape index (κ3) is 4.25. The van der Waals surface area contributed by atoms with E-state index in [0.29, 0.717) is 41.4 Å². The van der Waals surface area contributed by atoms with E-state index in [4.69, 9.17) is 21.4 Å². The van der Waals surface area contributed by atoms with Crippen molar-refractivity contribution < 1.29 is 14.6 Å². The maximum Gasteiger partial charge on any atom is 0.260 e. The highest BCUT2D eigenvalue weighted by Gasteiger charge is 2.22. The Morgan fingerprint density at radius 2 is 2.36 bits per heavy atom. The molecule has 25 heavy (non-hydrogen) atoms. The van der Waals surface area contributed by atoms with Crippen LogP contribution in [-0.4, -0.2) is 44.9 Å². The number of halogens is 1. The van der Waals surface area contributed by atoms with Crippen LogP contribution in [0, 0.1) is 0 Å². The van der Waals surface area contributed by atoms with E-state index in [-0.39, 0.29) is 18.6 Å². The van der Waals surface area contributed by atoms with Crippen LogP contribution in [0.15, 0.2) is 47.5 Å². The number of hydrogen-bond acceptors (Lipinski definition) is 5. The molecule has 132 valence electrons. The molecule has 2 heterocycles. The first kappa shape index (κ1) is 17.6. The minimum atomic E-state index is -0.310. The molecule has 8 heteroatoms. The lowest BCUT2D eigenvalue weighted by atomic mass is 10.1. The zero-order valence-corrected chi connectivity index (χ0v) is 14.3. The number of unbranched alkanes of at least 4 members (excludes halogenated alkanes) is 1. The summed E-state index contributed by atoms with van der Waals surface area (Å²) in [4.78, 5) is 16.8. The molecular weight excluding hydrogens is 344 g/mol. The average molecular weight is 363 g/mol. The van der Waals surface area contributed by atoms with E-state index in [1.807, 2.05) is 6.08 Å². The van der Waals surface area contributed by atoms with Crippen LogP contribution >= 0.6 is 11.6 Å². The fourth-order valence-electron chi connectivity index (χ4n) is 2.55. The summed E-state index contributed by atoms with van der Waals surface area (Å²) in [7, 11) is 0. The lowest BCUT2D eigenvalue weighted by Gasteiger charge is -2.23. The maximum atomic E-state index is 12.6. The first-order valence-electron chi connectivity index (χ1n) is 8.08. The van der Waals surface area contributed by atoms with Gasteiger partial charge < -0.3 is 15.2 Å². The van der Waals surface area contributed by atoms with Crippen molar-refractivity contribution in [2.24, 2.45) is 0 Å². The predicted molar refractivity (Wildman–Crippen MR) is 93.1 cm³/mol. The fraction of sp³-hybridized carbons (Fsp3) is 0.353. The summed E-state index contributed by atoms with van der Waals surface area (Å²) >= 11 is 6.08. The topological polar surface area (TPSA) is 88.8 Å². The molecule has 0 spiro atoms. The van der Waals surface area contributed by atoms with Crippen LogP contribution in [0.5, 0.6) is 0 Å². The summed E-state index contributed by atoms with van der Waals surface area (Å²) < 4.78 is 7.36. The van der Waals surface area contributed by atoms with Crippen molar-refractivity contribution >= 4 is 23.2 Å². The van der Waals surface area contributed by atoms with Gasteiger partial charge in [-0.25, -0.2) is 9.50 Å². The van der Waals surface area contributed by atoms with Crippen LogP contribution < -0.4 is 5.32 Å². The third-order valence-corrected chi connectivity index (χ3v) is 4.08. The molecule has 3 rings (SSSR count). The molecule has 2 aromatic rings. The Morgan fingerprint density at radius 1 is 1.48 bits per heavy atom. The minimum Gasteiger partial charge on any atom is -0.396 e. The Morgan fingerprint density at radius 3 is 3.20 bits per heavy atom. The number of carbonyl (C=O) groups is 1. The van der Waals surface area contributed by atoms with Crippen molar-refractivity contribution in [3.05, 3.63) is 53.1 Å². The van der Waals surface area contributed by atoms with E-state index in [1.54, 1.807) is 29.1 Å². The average Bonchev–Trinajstić information content (AvgIpc) is 3.04. The summed E-state index contributed by atoms with van der Waals surface area (Å²) in [5.74, 6) is -0.310. The van der Waals surface area contributed by atoms with Gasteiger partial charge in [-0.15, -0.1) is 0 Å². The molecule has 0 saturated carbocycles. The van der Waals surface area contributed by atoms with Crippen LogP contribution in [0.4, 0.5) is 0 Å². The number of rotatable bonds is 7. The highest BCUT2D eigenvalue weighted by atomic mass is 35.5. The molecule has 2 N–H and O–H groups in total. The van der Waals surface area contributed by atoms with Crippen molar-refractivity contribution in [3.63, 3.8) is 0 Å². The molecule has 0 fully saturated rings. The Hall–Kier alpha value is -2.22. The van der Waals surface area contributed by atoms with Crippen LogP contribution in [0.25, 0.3) is 5.65 Å². The Bertz CT molecular complexity index is 815. The number of nitrogens with one attached hydrogen (secondary N) is 1. The fourth-order valence-corrected chi connectivity index (χ4v) is 2.75. The molecule has 0 bridgehead atoms. The first-order valence-corrected chi connectivity index (χ1v) is 8.46. The smallest absolute Gasteiger partial charge is 0.260 e. The van der Waals surface area contributed by atoms with Crippen molar-refractivity contribution in [1.82, 2.24) is 19.9 Å². The summed E-state index contributed by atoms with van der Waals surface area (Å²) in [6, 6.07) is 1.74. The molecule has 1 aliphatic rings. The zero-order valence-electron chi connectivity index (χ0n) is 13.6. The molecule has 0 aromatic carbocycles. The Labute approximate surface area is 150 Å². The van der Waals surface area contributed by atoms with Gasteiger partial charge in [-0.2, -0.15) is 5.10 Å². The quantitative estimate of drug-likeness (QED) is 0.736. The summed E-state index contributed by atoms with van der Waals surface area (Å²) in [5, 5.41) is 16.4. The second-order valence-corrected chi connectivity index (χ2v) is 6.05. The number of carbonyl (C=O) groups excluding carboxylic acids is 1. The number of amides is 1. The molecule has 1 unspecified atom stereocenters. The van der Waals surface area contributed by atoms with E-state index in [1.165, 1.54) is 6.20 Å². The number of allylic oxidation sites excluding steroid dienone is 2. The highest BCUT2D eigenvalue weighted by molar-refractivity contribution is 6.31. The normalized spacial score (nSPS) is 17.3. The number of fused-ring (bicyclic) bond motifs is 1. The molecule has 1 amide bonds. The second kappa shape index (κ2) is 8.24. The van der Waals surface area contributed by atoms with Crippen LogP contribution in [0.1, 0.15) is 29.6 Å². The molecule has 0 saturated heterocycles. The minimum absolute atomic E-state index is 0.140. The van der Waals surface area contributed by atoms with Gasteiger partial charge in [0.2, 0.25) is 0 Å². The lowest BCUT2D eigenvalue weighted by molar-refractivity contribution is 0.0656. The number of hydrogen-bond donors (Lipinski definition) is 2. The Kier molecular flexibility index (Phi) is 5.80. The standard InChI is InChI=1S/C17H19ClN4O3/c18-12-4-5-15(25-9-2-1-8-23)14(10-12)21-17(24)13-11-20-22-7-3-6-19-16(13)22/h3-4,6-7,10-11,15,23H,1-2,5,8-9H2,(H,21,24). The van der Waals surface area contributed by atoms with Crippen LogP contribution in [-0.2, 0) is 4.74 Å². The molecule has 0 aliphatic heterocycles. The lowest BCUT2D eigenvalue weighted by Crippen LogP contribution is -2.32. The highest BCUT2D eigenvalue weighted by Crippen LogP contribution is 2.22. The van der Waals surface area contributed by atoms with Crippen molar-refractivity contribution in [3.8, 4) is 0 Å². The van der Waals surface area contributed by atoms with Gasteiger partial charge in [-0.3, -0.25) is 4.79 Å². The predicted octanol–water partition coefficient (Wildman–Crippen LogP) is 2.03. The monoisotopic (exact) mass is 362 g/mol. The first-order chi connectivity index (χ1) is 12.2. The maximum absolute atomic E-state index is 12.6. The number of aromatic nitrogens is 3. The van der Waals surface area contributed by atoms with Crippen LogP contribution in [0.3, 0.4) is 0 Å². The van der Waals surface area contributed by atoms with E-state index in [2.05, 4.69) is 15.4 Å². The van der Waals surface area contributed by atoms with Gasteiger partial charge in [0.05, 0.1) is 6.20 Å². The molecule has 7 nitrogen and oxygen atoms in total. The number of aliphatic hydroxyl groups excluding tert-OH is 1. The van der Waals surface area contributed by atoms with Gasteiger partial charge >= 0.3 is 0 Å². The zero-order chi connectivity index (χ0) is 17.6. The molecule has 1 atom stereocenters. The van der Waals surface area contributed by atoms with E-state index in [0.717, 1.165) is 6.42 Å². The summed E-state index contributed by atoms with van der Waals surface area (Å²) in [6.07, 6.45) is 10.1. The summed E-state index contributed by atoms with van der Waals surface area (Å²) in [5.41, 5.74) is 1.47. The Balaban J connectivity index is 1.71. The van der Waals surface area contributed by atoms with Gasteiger partial charge in [0.25, 0.3) is 5.91 Å². The van der Waals surface area contributed by atoms with Crippen molar-refractivity contribution in [2.45, 2.75) is 25.4 Å². The summed E-state index contributed by atoms with van der Waals surface area (Å²) in [6.45, 7) is 0.642. The van der Waals surface area contributed by atoms with E-state index >= 15 is 0 Å². The van der Waals surface area contributed by atoms with Crippen molar-refractivity contribution in [1.29, 1.82) is 0 Å². The van der Waals surface area contributed by atoms with Gasteiger partial charge in [0, 0.05) is 36.3 Å². The third-order valence-electron chi connectivity index (χ3n) is 3.82. The molecule has 1 aliphatic carbocycles. The number of ether oxygens (including phenoxy) is 1. The molecule has 0 radical (unpaired) electrons. The number of aliphatic hydroxyl groups is 1. The largest absolute Gasteiger partial charge is 0.396 e. The second-order valence-electron chi connectivity index (χ2n) is 5.61. The van der Waals surface area contributed by atoms with E-state index < -0.39 is 0 Å². The van der Waals surface area contributed by atoms with Gasteiger partial charge in [0.15, 0.2) is 5.65 Å².